The van der Waals surface area contributed by atoms with Crippen molar-refractivity contribution in [2.45, 2.75) is 6.54 Å². The average Bonchev–Trinajstić information content (AvgIpc) is 2.66. The Morgan fingerprint density at radius 3 is 2.25 bits per heavy atom. The lowest BCUT2D eigenvalue weighted by atomic mass is 10.1. The third-order valence-corrected chi connectivity index (χ3v) is 3.95. The van der Waals surface area contributed by atoms with Crippen LogP contribution in [0.2, 0.25) is 0 Å². The second kappa shape index (κ2) is 6.08. The first kappa shape index (κ1) is 14.3. The molecule has 4 nitrogen and oxygen atoms in total. The van der Waals surface area contributed by atoms with E-state index < -0.39 is 0 Å². The van der Waals surface area contributed by atoms with E-state index in [-0.39, 0.29) is 5.56 Å². The number of nitrogens with zero attached hydrogens (tertiary/aromatic N) is 3. The molecule has 0 atom stereocenters. The average molecular weight is 313 g/mol. The molecule has 0 N–H and O–H groups in total. The lowest BCUT2D eigenvalue weighted by molar-refractivity contribution is 0.639. The summed E-state index contributed by atoms with van der Waals surface area (Å²) in [7, 11) is 0. The summed E-state index contributed by atoms with van der Waals surface area (Å²) in [5.41, 5.74) is 2.50. The molecule has 0 amide bonds. The van der Waals surface area contributed by atoms with Gasteiger partial charge < -0.3 is 0 Å². The fourth-order valence-corrected chi connectivity index (χ4v) is 2.80. The van der Waals surface area contributed by atoms with Gasteiger partial charge in [0.1, 0.15) is 0 Å². The van der Waals surface area contributed by atoms with Crippen LogP contribution < -0.4 is 5.56 Å². The maximum absolute atomic E-state index is 12.8. The molecule has 0 spiro atoms. The van der Waals surface area contributed by atoms with E-state index in [0.29, 0.717) is 11.9 Å². The molecule has 0 bridgehead atoms. The molecule has 2 aromatic carbocycles. The van der Waals surface area contributed by atoms with E-state index in [1.165, 1.54) is 4.68 Å². The Hall–Kier alpha value is -3.27. The second-order valence-corrected chi connectivity index (χ2v) is 5.54. The predicted molar refractivity (Wildman–Crippen MR) is 94.8 cm³/mol. The zero-order valence-corrected chi connectivity index (χ0v) is 13.0. The first-order chi connectivity index (χ1) is 11.8. The van der Waals surface area contributed by atoms with Gasteiger partial charge in [-0.3, -0.25) is 9.78 Å². The van der Waals surface area contributed by atoms with Crippen LogP contribution in [-0.2, 0) is 6.54 Å². The van der Waals surface area contributed by atoms with Gasteiger partial charge in [0.15, 0.2) is 0 Å². The topological polar surface area (TPSA) is 47.8 Å². The normalized spacial score (nSPS) is 10.8. The van der Waals surface area contributed by atoms with Crippen molar-refractivity contribution in [2.24, 2.45) is 0 Å². The van der Waals surface area contributed by atoms with Crippen molar-refractivity contribution in [2.75, 3.05) is 0 Å². The molecule has 0 fully saturated rings. The lowest BCUT2D eigenvalue weighted by Crippen LogP contribution is -2.24. The van der Waals surface area contributed by atoms with Gasteiger partial charge in [-0.25, -0.2) is 4.68 Å². The molecular weight excluding hydrogens is 298 g/mol. The van der Waals surface area contributed by atoms with Crippen molar-refractivity contribution < 1.29 is 0 Å². The number of fused-ring (bicyclic) bond motifs is 1. The fourth-order valence-electron chi connectivity index (χ4n) is 2.80. The number of rotatable bonds is 3. The van der Waals surface area contributed by atoms with Crippen molar-refractivity contribution in [1.29, 1.82) is 0 Å². The van der Waals surface area contributed by atoms with Gasteiger partial charge in [0.2, 0.25) is 0 Å². The first-order valence-electron chi connectivity index (χ1n) is 7.78. The Bertz CT molecular complexity index is 1040. The van der Waals surface area contributed by atoms with Crippen molar-refractivity contribution in [3.63, 3.8) is 0 Å². The minimum absolute atomic E-state index is 0.101. The zero-order valence-electron chi connectivity index (χ0n) is 13.0. The molecule has 0 aliphatic heterocycles. The van der Waals surface area contributed by atoms with Crippen LogP contribution in [0.15, 0.2) is 83.8 Å². The summed E-state index contributed by atoms with van der Waals surface area (Å²) in [5, 5.41) is 6.17. The Labute approximate surface area is 139 Å². The van der Waals surface area contributed by atoms with Crippen LogP contribution in [0.4, 0.5) is 0 Å². The number of pyridine rings is 1. The van der Waals surface area contributed by atoms with E-state index in [0.717, 1.165) is 22.3 Å². The summed E-state index contributed by atoms with van der Waals surface area (Å²) >= 11 is 0. The van der Waals surface area contributed by atoms with Crippen LogP contribution in [0.1, 0.15) is 5.69 Å². The van der Waals surface area contributed by atoms with E-state index in [2.05, 4.69) is 10.1 Å². The Morgan fingerprint density at radius 1 is 0.792 bits per heavy atom. The summed E-state index contributed by atoms with van der Waals surface area (Å²) in [4.78, 5) is 17.1. The molecule has 0 aliphatic carbocycles. The summed E-state index contributed by atoms with van der Waals surface area (Å²) in [6, 6.07) is 23.2. The van der Waals surface area contributed by atoms with E-state index in [4.69, 9.17) is 0 Å². The van der Waals surface area contributed by atoms with Gasteiger partial charge in [0.25, 0.3) is 5.56 Å². The predicted octanol–water partition coefficient (Wildman–Crippen LogP) is 3.51. The van der Waals surface area contributed by atoms with Crippen LogP contribution in [-0.4, -0.2) is 14.8 Å². The van der Waals surface area contributed by atoms with Crippen LogP contribution in [0.5, 0.6) is 0 Å². The number of hydrogen-bond donors (Lipinski definition) is 0. The molecule has 2 aromatic heterocycles. The van der Waals surface area contributed by atoms with Crippen LogP contribution >= 0.6 is 0 Å². The highest BCUT2D eigenvalue weighted by Gasteiger charge is 2.12. The van der Waals surface area contributed by atoms with Crippen LogP contribution in [0, 0.1) is 0 Å². The minimum atomic E-state index is -0.101. The molecule has 2 heterocycles. The van der Waals surface area contributed by atoms with Gasteiger partial charge >= 0.3 is 0 Å². The second-order valence-electron chi connectivity index (χ2n) is 5.54. The van der Waals surface area contributed by atoms with Gasteiger partial charge in [-0.05, 0) is 18.2 Å². The fraction of sp³-hybridized carbons (Fsp3) is 0.0500. The van der Waals surface area contributed by atoms with Crippen molar-refractivity contribution in [3.8, 4) is 11.3 Å². The van der Waals surface area contributed by atoms with Crippen molar-refractivity contribution in [3.05, 3.63) is 95.0 Å². The Kier molecular flexibility index (Phi) is 3.63. The van der Waals surface area contributed by atoms with E-state index in [1.54, 1.807) is 6.20 Å². The molecule has 0 unspecified atom stereocenters. The molecule has 0 saturated heterocycles. The Morgan fingerprint density at radius 2 is 1.50 bits per heavy atom. The van der Waals surface area contributed by atoms with Gasteiger partial charge in [0.05, 0.1) is 23.3 Å². The third-order valence-electron chi connectivity index (χ3n) is 3.95. The molecule has 24 heavy (non-hydrogen) atoms. The molecule has 4 heteroatoms. The first-order valence-corrected chi connectivity index (χ1v) is 7.78. The third kappa shape index (κ3) is 2.58. The molecule has 4 aromatic rings. The van der Waals surface area contributed by atoms with Crippen LogP contribution in [0.25, 0.3) is 22.0 Å². The highest BCUT2D eigenvalue weighted by molar-refractivity contribution is 5.93. The summed E-state index contributed by atoms with van der Waals surface area (Å²) in [6.45, 7) is 0.352. The summed E-state index contributed by atoms with van der Waals surface area (Å²) in [5.74, 6) is 0. The maximum Gasteiger partial charge on any atom is 0.275 e. The van der Waals surface area contributed by atoms with Gasteiger partial charge in [0, 0.05) is 17.1 Å². The molecule has 0 radical (unpaired) electrons. The standard InChI is InChI=1S/C20H15N3O/c24-20-18-12-5-4-11-17(18)19(15-8-2-1-3-9-15)22-23(20)14-16-10-6-7-13-21-16/h1-13H,14H2. The lowest BCUT2D eigenvalue weighted by Gasteiger charge is -2.11. The van der Waals surface area contributed by atoms with E-state index in [9.17, 15) is 4.79 Å². The number of hydrogen-bond acceptors (Lipinski definition) is 3. The summed E-state index contributed by atoms with van der Waals surface area (Å²) in [6.07, 6.45) is 1.72. The van der Waals surface area contributed by atoms with Gasteiger partial charge in [-0.15, -0.1) is 0 Å². The monoisotopic (exact) mass is 313 g/mol. The number of benzene rings is 2. The van der Waals surface area contributed by atoms with Crippen molar-refractivity contribution in [1.82, 2.24) is 14.8 Å². The maximum atomic E-state index is 12.8. The smallest absolute Gasteiger partial charge is 0.267 e. The molecule has 0 aliphatic rings. The zero-order chi connectivity index (χ0) is 16.4. The largest absolute Gasteiger partial charge is 0.275 e. The minimum Gasteiger partial charge on any atom is -0.267 e. The molecular formula is C20H15N3O. The highest BCUT2D eigenvalue weighted by Crippen LogP contribution is 2.24. The van der Waals surface area contributed by atoms with Crippen molar-refractivity contribution >= 4 is 10.8 Å². The van der Waals surface area contributed by atoms with Gasteiger partial charge in [-0.2, -0.15) is 5.10 Å². The van der Waals surface area contributed by atoms with Gasteiger partial charge in [-0.1, -0.05) is 54.6 Å². The van der Waals surface area contributed by atoms with Crippen LogP contribution in [0.3, 0.4) is 0 Å². The Balaban J connectivity index is 1.95. The number of aromatic nitrogens is 3. The molecule has 116 valence electrons. The van der Waals surface area contributed by atoms with E-state index >= 15 is 0 Å². The van der Waals surface area contributed by atoms with E-state index in [1.807, 2.05) is 72.8 Å². The molecule has 4 rings (SSSR count). The molecule has 0 saturated carbocycles. The summed E-state index contributed by atoms with van der Waals surface area (Å²) < 4.78 is 1.49. The quantitative estimate of drug-likeness (QED) is 0.581. The highest BCUT2D eigenvalue weighted by atomic mass is 16.1. The SMILES string of the molecule is O=c1c2ccccc2c(-c2ccccc2)nn1Cc1ccccn1.